The van der Waals surface area contributed by atoms with Crippen molar-refractivity contribution in [3.05, 3.63) is 88.7 Å². The highest BCUT2D eigenvalue weighted by Crippen LogP contribution is 2.34. The molecule has 3 aromatic carbocycles. The Kier molecular flexibility index (Phi) is 6.79. The first-order valence-corrected chi connectivity index (χ1v) is 12.2. The second-order valence-corrected chi connectivity index (χ2v) is 10.0. The number of sulfonamides is 1. The highest BCUT2D eigenvalue weighted by atomic mass is 35.5. The molecular weight excluding hydrogens is 499 g/mol. The van der Waals surface area contributed by atoms with Gasteiger partial charge in [-0.1, -0.05) is 35.9 Å². The molecule has 11 heteroatoms. The lowest BCUT2D eigenvalue weighted by Gasteiger charge is -2.29. The average Bonchev–Trinajstić information content (AvgIpc) is 3.01. The maximum atomic E-state index is 14.6. The molecule has 1 amide bonds. The van der Waals surface area contributed by atoms with Crippen molar-refractivity contribution in [2.75, 3.05) is 18.6 Å². The second kappa shape index (κ2) is 9.65. The first-order valence-electron chi connectivity index (χ1n) is 10.4. The van der Waals surface area contributed by atoms with Gasteiger partial charge in [0.15, 0.2) is 0 Å². The Hall–Kier alpha value is -3.47. The highest BCUT2D eigenvalue weighted by Gasteiger charge is 2.42. The Balaban J connectivity index is 1.87. The number of amides is 1. The van der Waals surface area contributed by atoms with Crippen LogP contribution in [0, 0.1) is 5.82 Å². The van der Waals surface area contributed by atoms with E-state index in [-0.39, 0.29) is 22.2 Å². The molecule has 1 N–H and O–H groups in total. The maximum Gasteiger partial charge on any atom is 0.326 e. The van der Waals surface area contributed by atoms with Crippen LogP contribution in [0.3, 0.4) is 0 Å². The lowest BCUT2D eigenvalue weighted by Crippen LogP contribution is -2.50. The van der Waals surface area contributed by atoms with Crippen molar-refractivity contribution >= 4 is 39.2 Å². The molecule has 1 atom stereocenters. The fraction of sp³-hybridized carbons (Fsp3) is 0.167. The third kappa shape index (κ3) is 4.60. The van der Waals surface area contributed by atoms with E-state index in [2.05, 4.69) is 0 Å². The van der Waals surface area contributed by atoms with E-state index in [1.165, 1.54) is 36.4 Å². The molecule has 182 valence electrons. The zero-order valence-electron chi connectivity index (χ0n) is 18.4. The van der Waals surface area contributed by atoms with Crippen LogP contribution < -0.4 is 4.90 Å². The third-order valence-electron chi connectivity index (χ3n) is 5.65. The number of nitrogens with zero attached hydrogens (tertiary/aromatic N) is 2. The predicted octanol–water partition coefficient (Wildman–Crippen LogP) is 3.58. The zero-order valence-corrected chi connectivity index (χ0v) is 20.0. The summed E-state index contributed by atoms with van der Waals surface area (Å²) in [7, 11) is -3.19. The van der Waals surface area contributed by atoms with E-state index in [9.17, 15) is 27.5 Å². The number of fused-ring (bicyclic) bond motifs is 1. The number of carbonyl (C=O) groups excluding carboxylic acids is 2. The van der Waals surface area contributed by atoms with E-state index in [0.717, 1.165) is 22.4 Å². The number of rotatable bonds is 4. The van der Waals surface area contributed by atoms with Gasteiger partial charge in [-0.2, -0.15) is 4.31 Å². The summed E-state index contributed by atoms with van der Waals surface area (Å²) < 4.78 is 47.6. The molecule has 0 spiro atoms. The number of halogens is 2. The normalized spacial score (nSPS) is 16.3. The molecule has 0 saturated carbocycles. The Morgan fingerprint density at radius 2 is 1.74 bits per heavy atom. The molecule has 3 aromatic rings. The number of methoxy groups -OCH3 is 1. The molecular formula is C24H20ClFN2O6S. The number of phenolic OH excluding ortho intramolecular Hbond substituents is 1. The standard InChI is InChI=1S/C24H20ClFN2O6S/c1-34-24(31)21-14-27(23(30)22-18(25)6-4-7-19(22)26)20-8-3-2-5-15(20)13-28(21)35(32,33)17-11-9-16(29)10-12-17/h2-12,21,29H,13-14H2,1H3. The van der Waals surface area contributed by atoms with Crippen LogP contribution >= 0.6 is 11.6 Å². The molecule has 1 aliphatic rings. The number of esters is 1. The SMILES string of the molecule is COC(=O)C1CN(C(=O)c2c(F)cccc2Cl)c2ccccc2CN1S(=O)(=O)c1ccc(O)cc1. The maximum absolute atomic E-state index is 14.6. The van der Waals surface area contributed by atoms with Crippen LogP contribution in [0.25, 0.3) is 0 Å². The lowest BCUT2D eigenvalue weighted by molar-refractivity contribution is -0.144. The lowest BCUT2D eigenvalue weighted by atomic mass is 10.1. The van der Waals surface area contributed by atoms with Gasteiger partial charge in [0.25, 0.3) is 5.91 Å². The van der Waals surface area contributed by atoms with Crippen molar-refractivity contribution in [2.24, 2.45) is 0 Å². The van der Waals surface area contributed by atoms with Gasteiger partial charge in [0.2, 0.25) is 10.0 Å². The molecule has 8 nitrogen and oxygen atoms in total. The third-order valence-corrected chi connectivity index (χ3v) is 7.83. The Morgan fingerprint density at radius 1 is 1.06 bits per heavy atom. The largest absolute Gasteiger partial charge is 0.508 e. The van der Waals surface area contributed by atoms with Crippen molar-refractivity contribution in [2.45, 2.75) is 17.5 Å². The van der Waals surface area contributed by atoms with Crippen LogP contribution in [-0.2, 0) is 26.1 Å². The summed E-state index contributed by atoms with van der Waals surface area (Å²) in [4.78, 5) is 27.3. The Labute approximate surface area is 206 Å². The number of benzene rings is 3. The van der Waals surface area contributed by atoms with Crippen LogP contribution in [0.2, 0.25) is 5.02 Å². The van der Waals surface area contributed by atoms with E-state index in [1.54, 1.807) is 24.3 Å². The minimum atomic E-state index is -4.30. The number of hydrogen-bond acceptors (Lipinski definition) is 6. The number of carbonyl (C=O) groups is 2. The van der Waals surface area contributed by atoms with E-state index >= 15 is 0 Å². The van der Waals surface area contributed by atoms with E-state index in [1.807, 2.05) is 0 Å². The van der Waals surface area contributed by atoms with E-state index < -0.39 is 45.9 Å². The summed E-state index contributed by atoms with van der Waals surface area (Å²) in [6.07, 6.45) is 0. The van der Waals surface area contributed by atoms with Crippen LogP contribution in [0.5, 0.6) is 5.75 Å². The van der Waals surface area contributed by atoms with Crippen LogP contribution in [-0.4, -0.2) is 49.4 Å². The zero-order chi connectivity index (χ0) is 25.3. The molecule has 0 radical (unpaired) electrons. The molecule has 0 saturated heterocycles. The van der Waals surface area contributed by atoms with Gasteiger partial charge in [0.1, 0.15) is 17.6 Å². The summed E-state index contributed by atoms with van der Waals surface area (Å²) in [6, 6.07) is 13.7. The van der Waals surface area contributed by atoms with Crippen molar-refractivity contribution in [3.8, 4) is 5.75 Å². The summed E-state index contributed by atoms with van der Waals surface area (Å²) >= 11 is 6.13. The molecule has 4 rings (SSSR count). The van der Waals surface area contributed by atoms with Crippen molar-refractivity contribution in [1.29, 1.82) is 0 Å². The molecule has 1 heterocycles. The number of aromatic hydroxyl groups is 1. The molecule has 0 bridgehead atoms. The van der Waals surface area contributed by atoms with Gasteiger partial charge < -0.3 is 14.7 Å². The second-order valence-electron chi connectivity index (χ2n) is 7.72. The fourth-order valence-electron chi connectivity index (χ4n) is 3.91. The number of phenols is 1. The highest BCUT2D eigenvalue weighted by molar-refractivity contribution is 7.89. The van der Waals surface area contributed by atoms with Gasteiger partial charge in [0.05, 0.1) is 29.1 Å². The van der Waals surface area contributed by atoms with E-state index in [4.69, 9.17) is 16.3 Å². The quantitative estimate of drug-likeness (QED) is 0.529. The topological polar surface area (TPSA) is 104 Å². The molecule has 0 aromatic heterocycles. The number of hydrogen-bond donors (Lipinski definition) is 1. The van der Waals surface area contributed by atoms with Gasteiger partial charge >= 0.3 is 5.97 Å². The molecule has 35 heavy (non-hydrogen) atoms. The van der Waals surface area contributed by atoms with Gasteiger partial charge in [-0.05, 0) is 48.0 Å². The van der Waals surface area contributed by atoms with Crippen LogP contribution in [0.4, 0.5) is 10.1 Å². The monoisotopic (exact) mass is 518 g/mol. The first-order chi connectivity index (χ1) is 16.6. The van der Waals surface area contributed by atoms with Crippen molar-refractivity contribution in [3.63, 3.8) is 0 Å². The summed E-state index contributed by atoms with van der Waals surface area (Å²) in [5, 5.41) is 9.44. The average molecular weight is 519 g/mol. The fourth-order valence-corrected chi connectivity index (χ4v) is 5.70. The van der Waals surface area contributed by atoms with E-state index in [0.29, 0.717) is 11.3 Å². The number of ether oxygens (including phenoxy) is 1. The summed E-state index contributed by atoms with van der Waals surface area (Å²) in [5.41, 5.74) is 0.304. The summed E-state index contributed by atoms with van der Waals surface area (Å²) in [6.45, 7) is -0.724. The van der Waals surface area contributed by atoms with Crippen molar-refractivity contribution < 1.29 is 32.2 Å². The van der Waals surface area contributed by atoms with Gasteiger partial charge in [-0.15, -0.1) is 0 Å². The van der Waals surface area contributed by atoms with Crippen LogP contribution in [0.15, 0.2) is 71.6 Å². The number of para-hydroxylation sites is 1. The predicted molar refractivity (Wildman–Crippen MR) is 126 cm³/mol. The summed E-state index contributed by atoms with van der Waals surface area (Å²) in [5.74, 6) is -2.73. The van der Waals surface area contributed by atoms with Gasteiger partial charge in [-0.3, -0.25) is 9.59 Å². The molecule has 0 fully saturated rings. The molecule has 0 aliphatic carbocycles. The Morgan fingerprint density at radius 3 is 2.40 bits per heavy atom. The van der Waals surface area contributed by atoms with Gasteiger partial charge in [-0.25, -0.2) is 12.8 Å². The number of anilines is 1. The molecule has 1 unspecified atom stereocenters. The van der Waals surface area contributed by atoms with Gasteiger partial charge in [0, 0.05) is 12.2 Å². The molecule has 1 aliphatic heterocycles. The smallest absolute Gasteiger partial charge is 0.326 e. The minimum absolute atomic E-state index is 0.125. The minimum Gasteiger partial charge on any atom is -0.508 e. The van der Waals surface area contributed by atoms with Crippen molar-refractivity contribution in [1.82, 2.24) is 4.31 Å². The first kappa shape index (κ1) is 24.6. The van der Waals surface area contributed by atoms with Crippen LogP contribution in [0.1, 0.15) is 15.9 Å². The Bertz CT molecular complexity index is 1380.